The summed E-state index contributed by atoms with van der Waals surface area (Å²) in [4.78, 5) is 23.0. The van der Waals surface area contributed by atoms with Gasteiger partial charge in [0.1, 0.15) is 0 Å². The lowest BCUT2D eigenvalue weighted by molar-refractivity contribution is -0.385. The van der Waals surface area contributed by atoms with Gasteiger partial charge in [0.25, 0.3) is 5.69 Å². The van der Waals surface area contributed by atoms with Crippen molar-refractivity contribution in [3.8, 4) is 0 Å². The summed E-state index contributed by atoms with van der Waals surface area (Å²) in [6, 6.07) is 10.8. The lowest BCUT2D eigenvalue weighted by atomic mass is 10.1. The maximum Gasteiger partial charge on any atom is 0.274 e. The molecule has 9 heteroatoms. The molecule has 29 heavy (non-hydrogen) atoms. The number of nitro benzene ring substituents is 1. The van der Waals surface area contributed by atoms with Gasteiger partial charge in [-0.05, 0) is 43.5 Å². The van der Waals surface area contributed by atoms with Crippen LogP contribution in [0.2, 0.25) is 0 Å². The van der Waals surface area contributed by atoms with Gasteiger partial charge < -0.3 is 5.32 Å². The molecule has 0 aliphatic carbocycles. The van der Waals surface area contributed by atoms with Gasteiger partial charge in [-0.1, -0.05) is 24.6 Å². The number of rotatable bonds is 6. The Hall–Kier alpha value is -2.78. The fraction of sp³-hybridized carbons (Fsp3) is 0.350. The third-order valence-electron chi connectivity index (χ3n) is 4.93. The number of benzene rings is 2. The second kappa shape index (κ2) is 8.71. The van der Waals surface area contributed by atoms with Crippen molar-refractivity contribution in [1.82, 2.24) is 4.31 Å². The van der Waals surface area contributed by atoms with Gasteiger partial charge in [-0.25, -0.2) is 8.42 Å². The predicted octanol–water partition coefficient (Wildman–Crippen LogP) is 3.26. The van der Waals surface area contributed by atoms with Crippen molar-refractivity contribution >= 4 is 27.3 Å². The molecular formula is C20H23N3O5S. The van der Waals surface area contributed by atoms with Gasteiger partial charge in [0, 0.05) is 30.4 Å². The maximum atomic E-state index is 12.7. The SMILES string of the molecule is Cc1ccc(NC(=O)Cc2ccc(S(=O)(=O)N3CCCCC3)cc2)cc1[N+](=O)[O-]. The van der Waals surface area contributed by atoms with E-state index in [0.29, 0.717) is 29.9 Å². The van der Waals surface area contributed by atoms with Crippen molar-refractivity contribution in [2.24, 2.45) is 0 Å². The normalized spacial score (nSPS) is 15.1. The van der Waals surface area contributed by atoms with Gasteiger partial charge in [-0.3, -0.25) is 14.9 Å². The van der Waals surface area contributed by atoms with Gasteiger partial charge in [-0.2, -0.15) is 4.31 Å². The van der Waals surface area contributed by atoms with Crippen LogP contribution >= 0.6 is 0 Å². The first-order valence-corrected chi connectivity index (χ1v) is 10.9. The van der Waals surface area contributed by atoms with Crippen LogP contribution in [0.4, 0.5) is 11.4 Å². The first kappa shape index (κ1) is 20.9. The summed E-state index contributed by atoms with van der Waals surface area (Å²) in [5.41, 5.74) is 1.45. The molecule has 0 spiro atoms. The summed E-state index contributed by atoms with van der Waals surface area (Å²) < 4.78 is 26.8. The number of amides is 1. The number of nitro groups is 1. The zero-order chi connectivity index (χ0) is 21.0. The standard InChI is InChI=1S/C20H23N3O5S/c1-15-5-8-17(14-19(15)23(25)26)21-20(24)13-16-6-9-18(10-7-16)29(27,28)22-11-3-2-4-12-22/h5-10,14H,2-4,11-13H2,1H3,(H,21,24). The Morgan fingerprint density at radius 2 is 1.76 bits per heavy atom. The molecule has 0 radical (unpaired) electrons. The number of carbonyl (C=O) groups is 1. The first-order valence-electron chi connectivity index (χ1n) is 9.41. The quantitative estimate of drug-likeness (QED) is 0.573. The molecule has 1 saturated heterocycles. The van der Waals surface area contributed by atoms with Crippen LogP contribution in [-0.2, 0) is 21.2 Å². The number of anilines is 1. The Balaban J connectivity index is 1.66. The average molecular weight is 417 g/mol. The number of hydrogen-bond donors (Lipinski definition) is 1. The van der Waals surface area contributed by atoms with Crippen molar-refractivity contribution < 1.29 is 18.1 Å². The molecule has 2 aromatic rings. The van der Waals surface area contributed by atoms with E-state index in [1.807, 2.05) is 0 Å². The zero-order valence-corrected chi connectivity index (χ0v) is 16.9. The summed E-state index contributed by atoms with van der Waals surface area (Å²) in [6.07, 6.45) is 2.82. The number of nitrogens with zero attached hydrogens (tertiary/aromatic N) is 2. The second-order valence-electron chi connectivity index (χ2n) is 7.09. The third kappa shape index (κ3) is 4.99. The molecule has 3 rings (SSSR count). The van der Waals surface area contributed by atoms with Crippen molar-refractivity contribution in [2.75, 3.05) is 18.4 Å². The summed E-state index contributed by atoms with van der Waals surface area (Å²) in [5, 5.41) is 13.7. The van der Waals surface area contributed by atoms with E-state index in [-0.39, 0.29) is 22.9 Å². The van der Waals surface area contributed by atoms with Crippen LogP contribution < -0.4 is 5.32 Å². The molecule has 1 fully saturated rings. The van der Waals surface area contributed by atoms with E-state index < -0.39 is 14.9 Å². The van der Waals surface area contributed by atoms with Crippen molar-refractivity contribution in [3.63, 3.8) is 0 Å². The number of aryl methyl sites for hydroxylation is 1. The largest absolute Gasteiger partial charge is 0.326 e. The highest BCUT2D eigenvalue weighted by molar-refractivity contribution is 7.89. The molecule has 1 N–H and O–H groups in total. The van der Waals surface area contributed by atoms with E-state index in [2.05, 4.69) is 5.32 Å². The van der Waals surface area contributed by atoms with E-state index in [1.54, 1.807) is 31.2 Å². The molecule has 2 aromatic carbocycles. The average Bonchev–Trinajstić information content (AvgIpc) is 2.70. The summed E-state index contributed by atoms with van der Waals surface area (Å²) in [6.45, 7) is 2.70. The van der Waals surface area contributed by atoms with Crippen LogP contribution in [0.3, 0.4) is 0 Å². The molecule has 1 heterocycles. The lowest BCUT2D eigenvalue weighted by Crippen LogP contribution is -2.35. The van der Waals surface area contributed by atoms with Gasteiger partial charge in [0.15, 0.2) is 0 Å². The molecule has 1 amide bonds. The van der Waals surface area contributed by atoms with E-state index in [1.165, 1.54) is 22.5 Å². The Kier molecular flexibility index (Phi) is 6.29. The zero-order valence-electron chi connectivity index (χ0n) is 16.1. The summed E-state index contributed by atoms with van der Waals surface area (Å²) >= 11 is 0. The summed E-state index contributed by atoms with van der Waals surface area (Å²) in [5.74, 6) is -0.338. The van der Waals surface area contributed by atoms with Gasteiger partial charge in [0.05, 0.1) is 16.2 Å². The van der Waals surface area contributed by atoms with Crippen molar-refractivity contribution in [1.29, 1.82) is 0 Å². The molecule has 1 aliphatic rings. The summed E-state index contributed by atoms with van der Waals surface area (Å²) in [7, 11) is -3.50. The number of nitrogens with one attached hydrogen (secondary N) is 1. The van der Waals surface area contributed by atoms with E-state index in [0.717, 1.165) is 19.3 Å². The second-order valence-corrected chi connectivity index (χ2v) is 9.03. The molecule has 154 valence electrons. The molecule has 1 aliphatic heterocycles. The van der Waals surface area contributed by atoms with Crippen LogP contribution in [0, 0.1) is 17.0 Å². The van der Waals surface area contributed by atoms with Gasteiger partial charge in [0.2, 0.25) is 15.9 Å². The number of sulfonamides is 1. The smallest absolute Gasteiger partial charge is 0.274 e. The van der Waals surface area contributed by atoms with Crippen LogP contribution in [0.25, 0.3) is 0 Å². The van der Waals surface area contributed by atoms with Crippen molar-refractivity contribution in [3.05, 3.63) is 63.7 Å². The Morgan fingerprint density at radius 3 is 2.38 bits per heavy atom. The molecule has 0 atom stereocenters. The maximum absolute atomic E-state index is 12.7. The van der Waals surface area contributed by atoms with Gasteiger partial charge >= 0.3 is 0 Å². The first-order chi connectivity index (χ1) is 13.8. The molecular weight excluding hydrogens is 394 g/mol. The molecule has 0 unspecified atom stereocenters. The van der Waals surface area contributed by atoms with E-state index in [9.17, 15) is 23.3 Å². The fourth-order valence-corrected chi connectivity index (χ4v) is 4.83. The van der Waals surface area contributed by atoms with E-state index in [4.69, 9.17) is 0 Å². The molecule has 0 bridgehead atoms. The van der Waals surface area contributed by atoms with Crippen LogP contribution in [0.15, 0.2) is 47.4 Å². The highest BCUT2D eigenvalue weighted by Crippen LogP contribution is 2.23. The van der Waals surface area contributed by atoms with Crippen molar-refractivity contribution in [2.45, 2.75) is 37.5 Å². The molecule has 0 saturated carbocycles. The highest BCUT2D eigenvalue weighted by atomic mass is 32.2. The van der Waals surface area contributed by atoms with Gasteiger partial charge in [-0.15, -0.1) is 0 Å². The van der Waals surface area contributed by atoms with Crippen LogP contribution in [0.1, 0.15) is 30.4 Å². The van der Waals surface area contributed by atoms with E-state index >= 15 is 0 Å². The fourth-order valence-electron chi connectivity index (χ4n) is 3.31. The minimum absolute atomic E-state index is 0.0334. The number of piperidine rings is 1. The molecule has 8 nitrogen and oxygen atoms in total. The monoisotopic (exact) mass is 417 g/mol. The van der Waals surface area contributed by atoms with Crippen LogP contribution in [0.5, 0.6) is 0 Å². The number of carbonyl (C=O) groups excluding carboxylic acids is 1. The Morgan fingerprint density at radius 1 is 1.10 bits per heavy atom. The Labute approximate surface area is 169 Å². The third-order valence-corrected chi connectivity index (χ3v) is 6.84. The minimum atomic E-state index is -3.50. The Bertz CT molecular complexity index is 1010. The predicted molar refractivity (Wildman–Crippen MR) is 109 cm³/mol. The lowest BCUT2D eigenvalue weighted by Gasteiger charge is -2.25. The topological polar surface area (TPSA) is 110 Å². The molecule has 0 aromatic heterocycles. The highest BCUT2D eigenvalue weighted by Gasteiger charge is 2.25. The minimum Gasteiger partial charge on any atom is -0.326 e. The number of hydrogen-bond acceptors (Lipinski definition) is 5. The van der Waals surface area contributed by atoms with Crippen LogP contribution in [-0.4, -0.2) is 36.6 Å².